The molecule has 0 saturated carbocycles. The lowest BCUT2D eigenvalue weighted by molar-refractivity contribution is -0.149. The Labute approximate surface area is 104 Å². The normalized spacial score (nSPS) is 17.6. The Balaban J connectivity index is 1.84. The summed E-state index contributed by atoms with van der Waals surface area (Å²) in [6, 6.07) is 9.61. The minimum atomic E-state index is -1.47. The molecule has 0 aromatic heterocycles. The van der Waals surface area contributed by atoms with Gasteiger partial charge in [0.25, 0.3) is 0 Å². The van der Waals surface area contributed by atoms with Crippen LogP contribution in [0.25, 0.3) is 0 Å². The molecule has 0 amide bonds. The van der Waals surface area contributed by atoms with E-state index in [1.54, 1.807) is 0 Å². The SMILES string of the molecule is O=C(O)C(=O)CC1=COC(Cc2ccccc2)O1. The number of carboxylic acid groups (broad SMARTS) is 1. The number of rotatable bonds is 5. The first-order valence-corrected chi connectivity index (χ1v) is 5.46. The lowest BCUT2D eigenvalue weighted by Crippen LogP contribution is -2.16. The second kappa shape index (κ2) is 5.35. The molecule has 18 heavy (non-hydrogen) atoms. The van der Waals surface area contributed by atoms with Crippen LogP contribution in [0, 0.1) is 0 Å². The van der Waals surface area contributed by atoms with Gasteiger partial charge in [-0.15, -0.1) is 0 Å². The molecule has 1 N–H and O–H groups in total. The van der Waals surface area contributed by atoms with Gasteiger partial charge in [0.2, 0.25) is 12.1 Å². The molecule has 0 radical (unpaired) electrons. The van der Waals surface area contributed by atoms with Gasteiger partial charge in [0.15, 0.2) is 0 Å². The van der Waals surface area contributed by atoms with Gasteiger partial charge in [-0.2, -0.15) is 0 Å². The highest BCUT2D eigenvalue weighted by Crippen LogP contribution is 2.20. The second-order valence-electron chi connectivity index (χ2n) is 3.86. The van der Waals surface area contributed by atoms with Crippen molar-refractivity contribution in [3.05, 3.63) is 47.9 Å². The predicted molar refractivity (Wildman–Crippen MR) is 61.4 cm³/mol. The minimum absolute atomic E-state index is 0.253. The van der Waals surface area contributed by atoms with Crippen LogP contribution in [-0.4, -0.2) is 23.1 Å². The van der Waals surface area contributed by atoms with E-state index >= 15 is 0 Å². The van der Waals surface area contributed by atoms with Crippen LogP contribution in [0.2, 0.25) is 0 Å². The van der Waals surface area contributed by atoms with Crippen LogP contribution >= 0.6 is 0 Å². The maximum absolute atomic E-state index is 11.0. The Kier molecular flexibility index (Phi) is 3.62. The molecule has 0 aliphatic carbocycles. The van der Waals surface area contributed by atoms with Crippen molar-refractivity contribution in [1.82, 2.24) is 0 Å². The van der Waals surface area contributed by atoms with Gasteiger partial charge < -0.3 is 14.6 Å². The number of allylic oxidation sites excluding steroid dienone is 1. The third kappa shape index (κ3) is 3.10. The molecule has 1 aliphatic rings. The monoisotopic (exact) mass is 248 g/mol. The van der Waals surface area contributed by atoms with E-state index in [1.165, 1.54) is 6.26 Å². The second-order valence-corrected chi connectivity index (χ2v) is 3.86. The number of hydrogen-bond acceptors (Lipinski definition) is 4. The summed E-state index contributed by atoms with van der Waals surface area (Å²) in [5.74, 6) is -2.13. The van der Waals surface area contributed by atoms with Crippen molar-refractivity contribution in [3.8, 4) is 0 Å². The number of ether oxygens (including phenoxy) is 2. The fraction of sp³-hybridized carbons (Fsp3) is 0.231. The minimum Gasteiger partial charge on any atom is -0.475 e. The van der Waals surface area contributed by atoms with E-state index in [4.69, 9.17) is 14.6 Å². The molecule has 1 aliphatic heterocycles. The molecule has 1 heterocycles. The van der Waals surface area contributed by atoms with E-state index in [-0.39, 0.29) is 12.2 Å². The van der Waals surface area contributed by atoms with Crippen molar-refractivity contribution in [2.45, 2.75) is 19.1 Å². The Bertz CT molecular complexity index is 477. The first-order chi connectivity index (χ1) is 8.65. The van der Waals surface area contributed by atoms with Gasteiger partial charge in [-0.3, -0.25) is 4.79 Å². The Hall–Kier alpha value is -2.30. The molecular formula is C13H12O5. The zero-order valence-electron chi connectivity index (χ0n) is 9.54. The van der Waals surface area contributed by atoms with Crippen molar-refractivity contribution < 1.29 is 24.2 Å². The molecule has 5 nitrogen and oxygen atoms in total. The molecule has 1 aromatic carbocycles. The van der Waals surface area contributed by atoms with Crippen LogP contribution in [0.1, 0.15) is 12.0 Å². The fourth-order valence-corrected chi connectivity index (χ4v) is 1.59. The van der Waals surface area contributed by atoms with Gasteiger partial charge in [0.05, 0.1) is 6.42 Å². The number of carbonyl (C=O) groups excluding carboxylic acids is 1. The van der Waals surface area contributed by atoms with Crippen LogP contribution in [0.5, 0.6) is 0 Å². The lowest BCUT2D eigenvalue weighted by atomic mass is 10.1. The smallest absolute Gasteiger partial charge is 0.372 e. The number of hydrogen-bond donors (Lipinski definition) is 1. The van der Waals surface area contributed by atoms with Crippen LogP contribution in [0.4, 0.5) is 0 Å². The average Bonchev–Trinajstić information content (AvgIpc) is 2.77. The highest BCUT2D eigenvalue weighted by atomic mass is 16.7. The third-order valence-corrected chi connectivity index (χ3v) is 2.45. The number of carbonyl (C=O) groups is 2. The van der Waals surface area contributed by atoms with Crippen molar-refractivity contribution in [2.24, 2.45) is 0 Å². The molecule has 5 heteroatoms. The summed E-state index contributed by atoms with van der Waals surface area (Å²) in [4.78, 5) is 21.4. The molecule has 0 spiro atoms. The molecule has 0 saturated heterocycles. The highest BCUT2D eigenvalue weighted by Gasteiger charge is 2.23. The van der Waals surface area contributed by atoms with Crippen LogP contribution < -0.4 is 0 Å². The zero-order chi connectivity index (χ0) is 13.0. The molecule has 2 rings (SSSR count). The third-order valence-electron chi connectivity index (χ3n) is 2.45. The Morgan fingerprint density at radius 3 is 2.61 bits per heavy atom. The largest absolute Gasteiger partial charge is 0.475 e. The number of ketones is 1. The summed E-state index contributed by atoms with van der Waals surface area (Å²) >= 11 is 0. The standard InChI is InChI=1S/C13H12O5/c14-11(13(15)16)7-10-8-17-12(18-10)6-9-4-2-1-3-5-9/h1-5,8,12H,6-7H2,(H,15,16). The predicted octanol–water partition coefficient (Wildman–Crippen LogP) is 1.49. The highest BCUT2D eigenvalue weighted by molar-refractivity contribution is 6.33. The lowest BCUT2D eigenvalue weighted by Gasteiger charge is -2.11. The molecule has 1 unspecified atom stereocenters. The maximum atomic E-state index is 11.0. The van der Waals surface area contributed by atoms with Gasteiger partial charge in [-0.05, 0) is 5.56 Å². The number of carboxylic acids is 1. The molecule has 0 bridgehead atoms. The van der Waals surface area contributed by atoms with Gasteiger partial charge in [0.1, 0.15) is 12.0 Å². The summed E-state index contributed by atoms with van der Waals surface area (Å²) < 4.78 is 10.6. The zero-order valence-corrected chi connectivity index (χ0v) is 9.54. The molecular weight excluding hydrogens is 236 g/mol. The molecule has 1 atom stereocenters. The van der Waals surface area contributed by atoms with Crippen molar-refractivity contribution in [2.75, 3.05) is 0 Å². The van der Waals surface area contributed by atoms with Gasteiger partial charge in [-0.1, -0.05) is 30.3 Å². The van der Waals surface area contributed by atoms with E-state index in [0.717, 1.165) is 5.56 Å². The number of benzene rings is 1. The average molecular weight is 248 g/mol. The Morgan fingerprint density at radius 2 is 1.94 bits per heavy atom. The van der Waals surface area contributed by atoms with E-state index in [1.807, 2.05) is 30.3 Å². The molecule has 0 fully saturated rings. The first-order valence-electron chi connectivity index (χ1n) is 5.46. The summed E-state index contributed by atoms with van der Waals surface area (Å²) in [5, 5.41) is 8.47. The van der Waals surface area contributed by atoms with Crippen LogP contribution in [0.15, 0.2) is 42.4 Å². The summed E-state index contributed by atoms with van der Waals surface area (Å²) in [5.41, 5.74) is 1.04. The van der Waals surface area contributed by atoms with E-state index in [9.17, 15) is 9.59 Å². The Morgan fingerprint density at radius 1 is 1.22 bits per heavy atom. The summed E-state index contributed by atoms with van der Waals surface area (Å²) in [6.45, 7) is 0. The van der Waals surface area contributed by atoms with Crippen molar-refractivity contribution in [3.63, 3.8) is 0 Å². The maximum Gasteiger partial charge on any atom is 0.372 e. The molecule has 1 aromatic rings. The van der Waals surface area contributed by atoms with Crippen molar-refractivity contribution >= 4 is 11.8 Å². The fourth-order valence-electron chi connectivity index (χ4n) is 1.59. The quantitative estimate of drug-likeness (QED) is 0.799. The molecule has 94 valence electrons. The van der Waals surface area contributed by atoms with Crippen LogP contribution in [-0.2, 0) is 25.5 Å². The first kappa shape index (κ1) is 12.2. The van der Waals surface area contributed by atoms with E-state index < -0.39 is 18.0 Å². The van der Waals surface area contributed by atoms with Crippen molar-refractivity contribution in [1.29, 1.82) is 0 Å². The van der Waals surface area contributed by atoms with Gasteiger partial charge in [-0.25, -0.2) is 4.79 Å². The van der Waals surface area contributed by atoms with E-state index in [2.05, 4.69) is 0 Å². The summed E-state index contributed by atoms with van der Waals surface area (Å²) in [7, 11) is 0. The number of aliphatic carboxylic acids is 1. The summed E-state index contributed by atoms with van der Waals surface area (Å²) in [6.07, 6.45) is 1.07. The van der Waals surface area contributed by atoms with Crippen LogP contribution in [0.3, 0.4) is 0 Å². The van der Waals surface area contributed by atoms with E-state index in [0.29, 0.717) is 6.42 Å². The van der Waals surface area contributed by atoms with Gasteiger partial charge >= 0.3 is 5.97 Å². The topological polar surface area (TPSA) is 72.8 Å². The number of Topliss-reactive ketones (excluding diaryl/α,β-unsaturated/α-hetero) is 1. The van der Waals surface area contributed by atoms with Gasteiger partial charge in [0, 0.05) is 6.42 Å².